The van der Waals surface area contributed by atoms with Crippen molar-refractivity contribution in [2.75, 3.05) is 0 Å². The van der Waals surface area contributed by atoms with E-state index in [9.17, 15) is 9.18 Å². The second-order valence-electron chi connectivity index (χ2n) is 7.02. The average Bonchev–Trinajstić information content (AvgIpc) is 3.23. The minimum absolute atomic E-state index is 0. The highest BCUT2D eigenvalue weighted by atomic mass is 35.5. The quantitative estimate of drug-likeness (QED) is 0.825. The molecular formula is C18H24ClFN4O2. The highest BCUT2D eigenvalue weighted by Gasteiger charge is 2.37. The highest BCUT2D eigenvalue weighted by molar-refractivity contribution is 5.94. The lowest BCUT2D eigenvalue weighted by Gasteiger charge is -2.19. The summed E-state index contributed by atoms with van der Waals surface area (Å²) in [5.74, 6) is 0.180. The number of hydrogen-bond acceptors (Lipinski definition) is 5. The third kappa shape index (κ3) is 4.22. The van der Waals surface area contributed by atoms with Crippen LogP contribution in [0.5, 0.6) is 0 Å². The summed E-state index contributed by atoms with van der Waals surface area (Å²) in [6.45, 7) is 3.90. The van der Waals surface area contributed by atoms with Gasteiger partial charge in [-0.05, 0) is 43.0 Å². The Morgan fingerprint density at radius 2 is 1.88 bits per heavy atom. The van der Waals surface area contributed by atoms with Crippen LogP contribution in [0, 0.1) is 11.7 Å². The predicted octanol–water partition coefficient (Wildman–Crippen LogP) is 3.49. The second kappa shape index (κ2) is 8.14. The normalized spacial score (nSPS) is 17.0. The van der Waals surface area contributed by atoms with Gasteiger partial charge in [0, 0.05) is 5.56 Å². The SMILES string of the molecule is CC(C)C(NC(=O)c1ccc(F)cc1)c1nc(C2(N)CCCC2)no1.Cl. The van der Waals surface area contributed by atoms with Gasteiger partial charge in [0.2, 0.25) is 5.89 Å². The van der Waals surface area contributed by atoms with E-state index >= 15 is 0 Å². The van der Waals surface area contributed by atoms with Gasteiger partial charge in [-0.3, -0.25) is 4.79 Å². The van der Waals surface area contributed by atoms with Crippen molar-refractivity contribution in [1.29, 1.82) is 0 Å². The van der Waals surface area contributed by atoms with Gasteiger partial charge >= 0.3 is 0 Å². The third-order valence-corrected chi connectivity index (χ3v) is 4.71. The van der Waals surface area contributed by atoms with Crippen LogP contribution >= 0.6 is 12.4 Å². The van der Waals surface area contributed by atoms with Crippen LogP contribution in [0.4, 0.5) is 4.39 Å². The molecule has 0 saturated heterocycles. The second-order valence-corrected chi connectivity index (χ2v) is 7.02. The van der Waals surface area contributed by atoms with Crippen LogP contribution in [0.2, 0.25) is 0 Å². The van der Waals surface area contributed by atoms with Crippen LogP contribution in [0.25, 0.3) is 0 Å². The molecule has 1 aromatic carbocycles. The van der Waals surface area contributed by atoms with Crippen LogP contribution < -0.4 is 11.1 Å². The number of nitrogens with one attached hydrogen (secondary N) is 1. The lowest BCUT2D eigenvalue weighted by molar-refractivity contribution is 0.0914. The molecule has 6 nitrogen and oxygen atoms in total. The first-order valence-corrected chi connectivity index (χ1v) is 8.58. The molecule has 1 saturated carbocycles. The summed E-state index contributed by atoms with van der Waals surface area (Å²) in [5, 5.41) is 6.94. The van der Waals surface area contributed by atoms with E-state index in [4.69, 9.17) is 10.3 Å². The number of carbonyl (C=O) groups is 1. The Labute approximate surface area is 158 Å². The van der Waals surface area contributed by atoms with Gasteiger partial charge in [0.25, 0.3) is 5.91 Å². The minimum atomic E-state index is -0.537. The van der Waals surface area contributed by atoms with Crippen molar-refractivity contribution in [2.24, 2.45) is 11.7 Å². The summed E-state index contributed by atoms with van der Waals surface area (Å²) >= 11 is 0. The Bertz CT molecular complexity index is 742. The first-order valence-electron chi connectivity index (χ1n) is 8.58. The van der Waals surface area contributed by atoms with Gasteiger partial charge in [-0.1, -0.05) is 31.8 Å². The lowest BCUT2D eigenvalue weighted by Crippen LogP contribution is -2.35. The van der Waals surface area contributed by atoms with Gasteiger partial charge in [0.1, 0.15) is 11.9 Å². The van der Waals surface area contributed by atoms with Crippen molar-refractivity contribution in [3.63, 3.8) is 0 Å². The van der Waals surface area contributed by atoms with Gasteiger partial charge in [0.05, 0.1) is 5.54 Å². The largest absolute Gasteiger partial charge is 0.340 e. The summed E-state index contributed by atoms with van der Waals surface area (Å²) in [7, 11) is 0. The fourth-order valence-electron chi connectivity index (χ4n) is 3.13. The van der Waals surface area contributed by atoms with E-state index in [1.165, 1.54) is 24.3 Å². The molecule has 1 heterocycles. The van der Waals surface area contributed by atoms with E-state index in [-0.39, 0.29) is 30.0 Å². The van der Waals surface area contributed by atoms with Gasteiger partial charge in [-0.25, -0.2) is 4.39 Å². The summed E-state index contributed by atoms with van der Waals surface area (Å²) in [6, 6.07) is 4.94. The van der Waals surface area contributed by atoms with Gasteiger partial charge in [-0.15, -0.1) is 12.4 Å². The summed E-state index contributed by atoms with van der Waals surface area (Å²) < 4.78 is 18.4. The van der Waals surface area contributed by atoms with Crippen molar-refractivity contribution in [3.05, 3.63) is 47.4 Å². The molecule has 0 aliphatic heterocycles. The first-order chi connectivity index (χ1) is 11.9. The number of nitrogens with two attached hydrogens (primary N) is 1. The number of amides is 1. The monoisotopic (exact) mass is 382 g/mol. The Morgan fingerprint density at radius 1 is 1.27 bits per heavy atom. The van der Waals surface area contributed by atoms with Crippen LogP contribution in [0.1, 0.15) is 67.6 Å². The summed E-state index contributed by atoms with van der Waals surface area (Å²) in [6.07, 6.45) is 3.77. The zero-order valence-corrected chi connectivity index (χ0v) is 15.7. The number of halogens is 2. The van der Waals surface area contributed by atoms with Crippen molar-refractivity contribution >= 4 is 18.3 Å². The summed E-state index contributed by atoms with van der Waals surface area (Å²) in [4.78, 5) is 16.9. The molecule has 1 aromatic heterocycles. The molecular weight excluding hydrogens is 359 g/mol. The van der Waals surface area contributed by atoms with Crippen molar-refractivity contribution in [1.82, 2.24) is 15.5 Å². The molecule has 8 heteroatoms. The highest BCUT2D eigenvalue weighted by Crippen LogP contribution is 2.35. The van der Waals surface area contributed by atoms with Gasteiger partial charge in [0.15, 0.2) is 5.82 Å². The molecule has 0 bridgehead atoms. The van der Waals surface area contributed by atoms with Crippen molar-refractivity contribution in [2.45, 2.75) is 51.1 Å². The standard InChI is InChI=1S/C18H23FN4O2.ClH/c1-11(2)14(21-15(24)12-5-7-13(19)8-6-12)16-22-17(23-25-16)18(20)9-3-4-10-18;/h5-8,11,14H,3-4,9-10,20H2,1-2H3,(H,21,24);1H. The average molecular weight is 383 g/mol. The van der Waals surface area contributed by atoms with E-state index in [1.54, 1.807) is 0 Å². The third-order valence-electron chi connectivity index (χ3n) is 4.71. The molecule has 0 spiro atoms. The molecule has 3 rings (SSSR count). The fraction of sp³-hybridized carbons (Fsp3) is 0.500. The van der Waals surface area contributed by atoms with Crippen LogP contribution in [0.3, 0.4) is 0 Å². The molecule has 1 amide bonds. The maximum absolute atomic E-state index is 13.0. The molecule has 142 valence electrons. The van der Waals surface area contributed by atoms with Crippen LogP contribution in [-0.4, -0.2) is 16.0 Å². The van der Waals surface area contributed by atoms with E-state index in [1.807, 2.05) is 13.8 Å². The van der Waals surface area contributed by atoms with Crippen LogP contribution in [0.15, 0.2) is 28.8 Å². The van der Waals surface area contributed by atoms with Crippen molar-refractivity contribution < 1.29 is 13.7 Å². The smallest absolute Gasteiger partial charge is 0.251 e. The number of nitrogens with zero attached hydrogens (tertiary/aromatic N) is 2. The maximum atomic E-state index is 13.0. The Hall–Kier alpha value is -1.99. The molecule has 3 N–H and O–H groups in total. The topological polar surface area (TPSA) is 94.0 Å². The maximum Gasteiger partial charge on any atom is 0.251 e. The molecule has 1 aliphatic rings. The molecule has 1 unspecified atom stereocenters. The summed E-state index contributed by atoms with van der Waals surface area (Å²) in [5.41, 5.74) is 6.20. The molecule has 1 aliphatic carbocycles. The molecule has 2 aromatic rings. The van der Waals surface area contributed by atoms with Gasteiger partial charge in [-0.2, -0.15) is 4.98 Å². The Kier molecular flexibility index (Phi) is 6.36. The van der Waals surface area contributed by atoms with E-state index in [2.05, 4.69) is 15.5 Å². The van der Waals surface area contributed by atoms with E-state index in [0.29, 0.717) is 17.3 Å². The zero-order valence-electron chi connectivity index (χ0n) is 14.9. The van der Waals surface area contributed by atoms with E-state index in [0.717, 1.165) is 25.7 Å². The number of aromatic nitrogens is 2. The molecule has 1 fully saturated rings. The Morgan fingerprint density at radius 3 is 2.46 bits per heavy atom. The molecule has 1 atom stereocenters. The van der Waals surface area contributed by atoms with Gasteiger partial charge < -0.3 is 15.6 Å². The van der Waals surface area contributed by atoms with E-state index < -0.39 is 11.6 Å². The molecule has 0 radical (unpaired) electrons. The minimum Gasteiger partial charge on any atom is -0.340 e. The lowest BCUT2D eigenvalue weighted by atomic mass is 9.98. The fourth-order valence-corrected chi connectivity index (χ4v) is 3.13. The number of benzene rings is 1. The number of hydrogen-bond donors (Lipinski definition) is 2. The number of carbonyl (C=O) groups excluding carboxylic acids is 1. The van der Waals surface area contributed by atoms with Crippen molar-refractivity contribution in [3.8, 4) is 0 Å². The molecule has 26 heavy (non-hydrogen) atoms. The Balaban J connectivity index is 0.00000243. The first kappa shape index (κ1) is 20.3. The predicted molar refractivity (Wildman–Crippen MR) is 97.3 cm³/mol. The zero-order chi connectivity index (χ0) is 18.0. The van der Waals surface area contributed by atoms with Crippen LogP contribution in [-0.2, 0) is 5.54 Å². The number of rotatable bonds is 5.